The normalized spacial score (nSPS) is 34.2. The molecular formula is C9H18O5Si2. The lowest BCUT2D eigenvalue weighted by Crippen LogP contribution is -2.68. The Balaban J connectivity index is 2.92. The van der Waals surface area contributed by atoms with Crippen LogP contribution in [0.25, 0.3) is 0 Å². The first-order chi connectivity index (χ1) is 7.29. The summed E-state index contributed by atoms with van der Waals surface area (Å²) in [6.45, 7) is 7.07. The van der Waals surface area contributed by atoms with Gasteiger partial charge in [0.2, 0.25) is 0 Å². The van der Waals surface area contributed by atoms with Gasteiger partial charge in [-0.15, -0.1) is 0 Å². The van der Waals surface area contributed by atoms with Crippen LogP contribution in [0.1, 0.15) is 20.3 Å². The van der Waals surface area contributed by atoms with E-state index in [9.17, 15) is 9.59 Å². The van der Waals surface area contributed by atoms with E-state index in [4.69, 9.17) is 13.3 Å². The first-order valence-corrected chi connectivity index (χ1v) is 11.3. The summed E-state index contributed by atoms with van der Waals surface area (Å²) >= 11 is 0. The van der Waals surface area contributed by atoms with E-state index < -0.39 is 15.9 Å². The highest BCUT2D eigenvalue weighted by Gasteiger charge is 2.61. The molecule has 1 rings (SSSR count). The summed E-state index contributed by atoms with van der Waals surface area (Å²) in [6.07, 6.45) is 0.861. The third-order valence-corrected chi connectivity index (χ3v) is 15.8. The van der Waals surface area contributed by atoms with Gasteiger partial charge >= 0.3 is 15.9 Å². The minimum absolute atomic E-state index is 0.314. The molecule has 0 aromatic heterocycles. The van der Waals surface area contributed by atoms with Crippen molar-refractivity contribution in [3.8, 4) is 0 Å². The molecule has 16 heavy (non-hydrogen) atoms. The van der Waals surface area contributed by atoms with Crippen LogP contribution in [0.15, 0.2) is 0 Å². The average molecular weight is 262 g/mol. The van der Waals surface area contributed by atoms with Crippen LogP contribution in [0, 0.1) is 0 Å². The van der Waals surface area contributed by atoms with E-state index in [0.717, 1.165) is 12.5 Å². The Labute approximate surface area is 97.2 Å². The van der Waals surface area contributed by atoms with Crippen molar-refractivity contribution >= 4 is 27.9 Å². The van der Waals surface area contributed by atoms with Crippen LogP contribution in [-0.2, 0) is 22.9 Å². The highest BCUT2D eigenvalue weighted by molar-refractivity contribution is 7.34. The van der Waals surface area contributed by atoms with E-state index >= 15 is 0 Å². The molecule has 1 fully saturated rings. The number of rotatable bonds is 2. The predicted octanol–water partition coefficient (Wildman–Crippen LogP) is 1.26. The first-order valence-electron chi connectivity index (χ1n) is 5.32. The molecule has 1 aliphatic rings. The molecule has 2 unspecified atom stereocenters. The van der Waals surface area contributed by atoms with E-state index in [-0.39, 0.29) is 11.9 Å². The number of carbonyl (C=O) groups is 2. The molecule has 0 N–H and O–H groups in total. The third kappa shape index (κ3) is 2.71. The second-order valence-corrected chi connectivity index (χ2v) is 15.8. The van der Waals surface area contributed by atoms with Gasteiger partial charge in [-0.25, -0.2) is 0 Å². The third-order valence-electron chi connectivity index (χ3n) is 2.84. The fourth-order valence-electron chi connectivity index (χ4n) is 1.93. The Morgan fingerprint density at radius 2 is 1.69 bits per heavy atom. The average Bonchev–Trinajstić information content (AvgIpc) is 2.08. The van der Waals surface area contributed by atoms with Crippen LogP contribution in [0.2, 0.25) is 19.1 Å². The molecule has 1 aliphatic heterocycles. The highest BCUT2D eigenvalue weighted by Crippen LogP contribution is 2.32. The summed E-state index contributed by atoms with van der Waals surface area (Å²) in [5.74, 6) is -0.674. The van der Waals surface area contributed by atoms with Crippen molar-refractivity contribution in [1.29, 1.82) is 0 Å². The van der Waals surface area contributed by atoms with Crippen LogP contribution in [-0.4, -0.2) is 34.5 Å². The molecule has 0 aromatic carbocycles. The second-order valence-electron chi connectivity index (χ2n) is 4.32. The maximum absolute atomic E-state index is 11.1. The Bertz CT molecular complexity index is 278. The Hall–Kier alpha value is -0.666. The van der Waals surface area contributed by atoms with Crippen molar-refractivity contribution in [2.45, 2.75) is 39.4 Å². The van der Waals surface area contributed by atoms with E-state index in [2.05, 4.69) is 0 Å². The summed E-state index contributed by atoms with van der Waals surface area (Å²) in [4.78, 5) is 22.2. The minimum atomic E-state index is -2.67. The van der Waals surface area contributed by atoms with E-state index in [1.165, 1.54) is 13.8 Å². The van der Waals surface area contributed by atoms with Gasteiger partial charge in [0.1, 0.15) is 0 Å². The molecule has 92 valence electrons. The van der Waals surface area contributed by atoms with Gasteiger partial charge in [0.05, 0.1) is 0 Å². The summed E-state index contributed by atoms with van der Waals surface area (Å²) in [6, 6.07) is 0.808. The molecule has 0 spiro atoms. The summed E-state index contributed by atoms with van der Waals surface area (Å²) in [5, 5.41) is 0. The quantitative estimate of drug-likeness (QED) is 0.701. The maximum Gasteiger partial charge on any atom is 0.420 e. The molecule has 0 bridgehead atoms. The van der Waals surface area contributed by atoms with Gasteiger partial charge in [0.25, 0.3) is 11.9 Å². The van der Waals surface area contributed by atoms with Crippen molar-refractivity contribution in [2.75, 3.05) is 6.61 Å². The Morgan fingerprint density at radius 1 is 1.12 bits per heavy atom. The zero-order valence-electron chi connectivity index (χ0n) is 10.2. The van der Waals surface area contributed by atoms with E-state index in [1.54, 1.807) is 0 Å². The zero-order valence-corrected chi connectivity index (χ0v) is 12.2. The highest BCUT2D eigenvalue weighted by atomic mass is 29.3. The lowest BCUT2D eigenvalue weighted by Gasteiger charge is -2.42. The van der Waals surface area contributed by atoms with Gasteiger partial charge in [-0.05, 0) is 25.6 Å². The molecule has 2 atom stereocenters. The fourth-order valence-corrected chi connectivity index (χ4v) is 11.0. The van der Waals surface area contributed by atoms with Crippen molar-refractivity contribution in [3.05, 3.63) is 0 Å². The van der Waals surface area contributed by atoms with Gasteiger partial charge in [0.15, 0.2) is 0 Å². The maximum atomic E-state index is 11.1. The molecule has 0 aromatic rings. The standard InChI is InChI=1S/C9H18O5Si2/c1-8(10)13-15(3)7-5-6-12-16(15,4)14-9(2)11/h5-7H2,1-4H3. The smallest absolute Gasteiger partial charge is 0.420 e. The summed E-state index contributed by atoms with van der Waals surface area (Å²) < 4.78 is 16.5. The van der Waals surface area contributed by atoms with Gasteiger partial charge in [-0.3, -0.25) is 9.59 Å². The van der Waals surface area contributed by atoms with Crippen molar-refractivity contribution in [1.82, 2.24) is 0 Å². The predicted molar refractivity (Wildman–Crippen MR) is 62.1 cm³/mol. The lowest BCUT2D eigenvalue weighted by atomic mass is 10.5. The molecule has 0 amide bonds. The fraction of sp³-hybridized carbons (Fsp3) is 0.778. The van der Waals surface area contributed by atoms with Gasteiger partial charge < -0.3 is 13.3 Å². The van der Waals surface area contributed by atoms with Crippen LogP contribution in [0.5, 0.6) is 0 Å². The number of hydrogen-bond acceptors (Lipinski definition) is 5. The zero-order chi connectivity index (χ0) is 12.4. The number of carbonyl (C=O) groups excluding carboxylic acids is 2. The molecule has 1 saturated heterocycles. The van der Waals surface area contributed by atoms with Crippen molar-refractivity contribution in [2.24, 2.45) is 0 Å². The molecule has 5 nitrogen and oxygen atoms in total. The molecule has 0 aliphatic carbocycles. The SMILES string of the molecule is CC(=O)O[Si]1(C)CCCO[Si]1(C)OC(C)=O. The monoisotopic (exact) mass is 262 g/mol. The van der Waals surface area contributed by atoms with Gasteiger partial charge in [0, 0.05) is 20.5 Å². The topological polar surface area (TPSA) is 61.8 Å². The molecule has 1 heterocycles. The second kappa shape index (κ2) is 4.68. The van der Waals surface area contributed by atoms with E-state index in [0.29, 0.717) is 6.61 Å². The summed E-state index contributed by atoms with van der Waals surface area (Å²) in [7, 11) is -5.06. The lowest BCUT2D eigenvalue weighted by molar-refractivity contribution is -0.136. The van der Waals surface area contributed by atoms with Crippen LogP contribution >= 0.6 is 0 Å². The first kappa shape index (κ1) is 13.4. The van der Waals surface area contributed by atoms with Crippen LogP contribution < -0.4 is 0 Å². The summed E-state index contributed by atoms with van der Waals surface area (Å²) in [5.41, 5.74) is 0. The minimum Gasteiger partial charge on any atom is -0.515 e. The molecule has 0 radical (unpaired) electrons. The van der Waals surface area contributed by atoms with Crippen molar-refractivity contribution < 1.29 is 22.9 Å². The van der Waals surface area contributed by atoms with E-state index in [1.807, 2.05) is 13.1 Å². The van der Waals surface area contributed by atoms with Crippen LogP contribution in [0.4, 0.5) is 0 Å². The molecule has 0 saturated carbocycles. The Kier molecular flexibility index (Phi) is 3.92. The molecule has 7 heteroatoms. The largest absolute Gasteiger partial charge is 0.515 e. The Morgan fingerprint density at radius 3 is 2.19 bits per heavy atom. The van der Waals surface area contributed by atoms with Gasteiger partial charge in [-0.1, -0.05) is 0 Å². The van der Waals surface area contributed by atoms with Crippen molar-refractivity contribution in [3.63, 3.8) is 0 Å². The van der Waals surface area contributed by atoms with Crippen LogP contribution in [0.3, 0.4) is 0 Å². The van der Waals surface area contributed by atoms with Gasteiger partial charge in [-0.2, -0.15) is 0 Å². The molecular weight excluding hydrogens is 244 g/mol. The number of hydrogen-bond donors (Lipinski definition) is 0.